The highest BCUT2D eigenvalue weighted by atomic mass is 32.1. The maximum absolute atomic E-state index is 12.4. The molecule has 1 aromatic carbocycles. The number of amides is 1. The Morgan fingerprint density at radius 3 is 2.65 bits per heavy atom. The van der Waals surface area contributed by atoms with E-state index >= 15 is 0 Å². The number of nitrogens with one attached hydrogen (secondary N) is 1. The summed E-state index contributed by atoms with van der Waals surface area (Å²) in [6.45, 7) is 1.97. The van der Waals surface area contributed by atoms with Gasteiger partial charge in [-0.15, -0.1) is 11.3 Å². The predicted octanol–water partition coefficient (Wildman–Crippen LogP) is 2.89. The number of nitrogens with zero attached hydrogens (tertiary/aromatic N) is 2. The summed E-state index contributed by atoms with van der Waals surface area (Å²) in [6.07, 6.45) is 0. The van der Waals surface area contributed by atoms with Crippen LogP contribution in [0.3, 0.4) is 0 Å². The number of rotatable bonds is 2. The fourth-order valence-electron chi connectivity index (χ4n) is 2.15. The first-order chi connectivity index (χ1) is 11.0. The first-order valence-corrected chi connectivity index (χ1v) is 7.58. The zero-order valence-corrected chi connectivity index (χ0v) is 13.1. The summed E-state index contributed by atoms with van der Waals surface area (Å²) in [5, 5.41) is 12.4. The average Bonchev–Trinajstić information content (AvgIpc) is 2.84. The van der Waals surface area contributed by atoms with Crippen LogP contribution in [0.5, 0.6) is 0 Å². The number of thiophene rings is 1. The summed E-state index contributed by atoms with van der Waals surface area (Å²) >= 11 is 1.16. The summed E-state index contributed by atoms with van der Waals surface area (Å²) in [4.78, 5) is 17.5. The second-order valence-corrected chi connectivity index (χ2v) is 6.05. The molecule has 1 amide bonds. The summed E-state index contributed by atoms with van der Waals surface area (Å²) < 4.78 is 0. The van der Waals surface area contributed by atoms with Crippen LogP contribution in [0.25, 0.3) is 10.2 Å². The number of carbonyl (C=O) groups is 1. The predicted molar refractivity (Wildman–Crippen MR) is 92.3 cm³/mol. The number of nitrogen functional groups attached to an aromatic ring is 2. The van der Waals surface area contributed by atoms with Crippen LogP contribution in [0.2, 0.25) is 0 Å². The van der Waals surface area contributed by atoms with Gasteiger partial charge >= 0.3 is 0 Å². The van der Waals surface area contributed by atoms with Crippen LogP contribution in [0.15, 0.2) is 30.3 Å². The monoisotopic (exact) mass is 323 g/mol. The number of anilines is 3. The van der Waals surface area contributed by atoms with Gasteiger partial charge in [0, 0.05) is 11.1 Å². The van der Waals surface area contributed by atoms with Gasteiger partial charge in [-0.1, -0.05) is 17.7 Å². The lowest BCUT2D eigenvalue weighted by molar-refractivity contribution is 0.102. The zero-order valence-electron chi connectivity index (χ0n) is 12.3. The number of pyridine rings is 1. The summed E-state index contributed by atoms with van der Waals surface area (Å²) in [7, 11) is 0. The van der Waals surface area contributed by atoms with E-state index in [-0.39, 0.29) is 17.3 Å². The number of aromatic nitrogens is 1. The summed E-state index contributed by atoms with van der Waals surface area (Å²) in [5.74, 6) is -0.266. The normalized spacial score (nSPS) is 10.4. The van der Waals surface area contributed by atoms with Gasteiger partial charge in [0.1, 0.15) is 21.6 Å². The first kappa shape index (κ1) is 14.8. The van der Waals surface area contributed by atoms with Crippen molar-refractivity contribution in [2.24, 2.45) is 0 Å². The van der Waals surface area contributed by atoms with Gasteiger partial charge in [-0.3, -0.25) is 4.79 Å². The molecule has 0 bridgehead atoms. The van der Waals surface area contributed by atoms with Crippen LogP contribution < -0.4 is 16.8 Å². The number of carbonyl (C=O) groups excluding carboxylic acids is 1. The summed E-state index contributed by atoms with van der Waals surface area (Å²) in [5.41, 5.74) is 14.1. The molecule has 3 aromatic rings. The third kappa shape index (κ3) is 2.67. The van der Waals surface area contributed by atoms with Crippen LogP contribution in [-0.4, -0.2) is 10.9 Å². The van der Waals surface area contributed by atoms with Gasteiger partial charge in [0.05, 0.1) is 11.3 Å². The maximum Gasteiger partial charge on any atom is 0.259 e. The highest BCUT2D eigenvalue weighted by molar-refractivity contribution is 7.19. The molecule has 5 N–H and O–H groups in total. The van der Waals surface area contributed by atoms with Gasteiger partial charge in [0.2, 0.25) is 0 Å². The van der Waals surface area contributed by atoms with Crippen molar-refractivity contribution >= 4 is 44.7 Å². The standard InChI is InChI=1S/C16H13N5OS/c1-8-2-4-9(5-3-8)20-15(22)11-6-10-13(18)12(7-17)23-16(10)21-14(11)19/h2-6H,18H2,1H3,(H2,19,21)(H,20,22). The minimum atomic E-state index is -0.370. The van der Waals surface area contributed by atoms with Crippen molar-refractivity contribution in [1.29, 1.82) is 5.26 Å². The molecule has 2 heterocycles. The lowest BCUT2D eigenvalue weighted by atomic mass is 10.1. The molecule has 0 spiro atoms. The van der Waals surface area contributed by atoms with Crippen LogP contribution in [0, 0.1) is 18.3 Å². The largest absolute Gasteiger partial charge is 0.396 e. The smallest absolute Gasteiger partial charge is 0.259 e. The molecule has 0 aliphatic heterocycles. The van der Waals surface area contributed by atoms with E-state index in [1.165, 1.54) is 0 Å². The molecule has 7 heteroatoms. The lowest BCUT2D eigenvalue weighted by Crippen LogP contribution is -2.14. The van der Waals surface area contributed by atoms with Crippen molar-refractivity contribution in [1.82, 2.24) is 4.98 Å². The zero-order chi connectivity index (χ0) is 16.6. The third-order valence-electron chi connectivity index (χ3n) is 3.41. The summed E-state index contributed by atoms with van der Waals surface area (Å²) in [6, 6.07) is 11.0. The highest BCUT2D eigenvalue weighted by Gasteiger charge is 2.17. The molecule has 114 valence electrons. The van der Waals surface area contributed by atoms with Gasteiger partial charge in [-0.2, -0.15) is 5.26 Å². The third-order valence-corrected chi connectivity index (χ3v) is 4.43. The SMILES string of the molecule is Cc1ccc(NC(=O)c2cc3c(N)c(C#N)sc3nc2N)cc1. The van der Waals surface area contributed by atoms with Gasteiger partial charge in [-0.05, 0) is 25.1 Å². The number of nitrogens with two attached hydrogens (primary N) is 2. The van der Waals surface area contributed by atoms with Gasteiger partial charge < -0.3 is 16.8 Å². The molecule has 3 rings (SSSR count). The fourth-order valence-corrected chi connectivity index (χ4v) is 3.04. The Balaban J connectivity index is 2.00. The first-order valence-electron chi connectivity index (χ1n) is 6.76. The highest BCUT2D eigenvalue weighted by Crippen LogP contribution is 2.33. The Labute approximate surface area is 136 Å². The van der Waals surface area contributed by atoms with Crippen molar-refractivity contribution in [2.45, 2.75) is 6.92 Å². The number of nitriles is 1. The molecule has 0 saturated heterocycles. The number of hydrogen-bond donors (Lipinski definition) is 3. The van der Waals surface area contributed by atoms with Crippen LogP contribution in [-0.2, 0) is 0 Å². The Bertz CT molecular complexity index is 953. The number of benzene rings is 1. The van der Waals surface area contributed by atoms with E-state index in [1.807, 2.05) is 37.3 Å². The van der Waals surface area contributed by atoms with E-state index in [0.717, 1.165) is 16.9 Å². The Morgan fingerprint density at radius 2 is 2.00 bits per heavy atom. The van der Waals surface area contributed by atoms with Crippen molar-refractivity contribution in [3.05, 3.63) is 46.3 Å². The van der Waals surface area contributed by atoms with Crippen molar-refractivity contribution < 1.29 is 4.79 Å². The Morgan fingerprint density at radius 1 is 1.30 bits per heavy atom. The maximum atomic E-state index is 12.4. The van der Waals surface area contributed by atoms with Crippen LogP contribution >= 0.6 is 11.3 Å². The molecule has 0 radical (unpaired) electrons. The van der Waals surface area contributed by atoms with E-state index < -0.39 is 0 Å². The molecule has 0 fully saturated rings. The quantitative estimate of drug-likeness (QED) is 0.670. The second-order valence-electron chi connectivity index (χ2n) is 5.05. The minimum absolute atomic E-state index is 0.104. The molecule has 6 nitrogen and oxygen atoms in total. The number of fused-ring (bicyclic) bond motifs is 1. The molecule has 0 atom stereocenters. The Kier molecular flexibility index (Phi) is 3.60. The second kappa shape index (κ2) is 5.59. The van der Waals surface area contributed by atoms with E-state index in [0.29, 0.717) is 26.5 Å². The molecule has 0 saturated carbocycles. The molecule has 0 aliphatic carbocycles. The molecule has 23 heavy (non-hydrogen) atoms. The van der Waals surface area contributed by atoms with Crippen LogP contribution in [0.1, 0.15) is 20.8 Å². The van der Waals surface area contributed by atoms with E-state index in [1.54, 1.807) is 6.07 Å². The van der Waals surface area contributed by atoms with Crippen molar-refractivity contribution in [2.75, 3.05) is 16.8 Å². The number of aryl methyl sites for hydroxylation is 1. The lowest BCUT2D eigenvalue weighted by Gasteiger charge is -2.08. The van der Waals surface area contributed by atoms with Crippen LogP contribution in [0.4, 0.5) is 17.2 Å². The minimum Gasteiger partial charge on any atom is -0.396 e. The fraction of sp³-hybridized carbons (Fsp3) is 0.0625. The molecule has 2 aromatic heterocycles. The average molecular weight is 323 g/mol. The molecule has 0 unspecified atom stereocenters. The van der Waals surface area contributed by atoms with Gasteiger partial charge in [-0.25, -0.2) is 4.98 Å². The molecular formula is C16H13N5OS. The van der Waals surface area contributed by atoms with Crippen molar-refractivity contribution in [3.63, 3.8) is 0 Å². The molecular weight excluding hydrogens is 310 g/mol. The number of hydrogen-bond acceptors (Lipinski definition) is 6. The molecule has 0 aliphatic rings. The topological polar surface area (TPSA) is 118 Å². The Hall–Kier alpha value is -3.11. The van der Waals surface area contributed by atoms with Gasteiger partial charge in [0.25, 0.3) is 5.91 Å². The van der Waals surface area contributed by atoms with E-state index in [4.69, 9.17) is 16.7 Å². The van der Waals surface area contributed by atoms with Gasteiger partial charge in [0.15, 0.2) is 0 Å². The van der Waals surface area contributed by atoms with Crippen molar-refractivity contribution in [3.8, 4) is 6.07 Å². The van der Waals surface area contributed by atoms with E-state index in [9.17, 15) is 4.79 Å². The van der Waals surface area contributed by atoms with E-state index in [2.05, 4.69) is 10.3 Å².